The van der Waals surface area contributed by atoms with E-state index in [-0.39, 0.29) is 5.91 Å². The highest BCUT2D eigenvalue weighted by Gasteiger charge is 2.30. The Kier molecular flexibility index (Phi) is 4.12. The van der Waals surface area contributed by atoms with Gasteiger partial charge >= 0.3 is 0 Å². The SMILES string of the molecule is CCC1CN(C(=O)c2cscn2)C(CC)CN1. The zero-order valence-corrected chi connectivity index (χ0v) is 11.2. The van der Waals surface area contributed by atoms with Gasteiger partial charge < -0.3 is 10.2 Å². The maximum atomic E-state index is 12.3. The van der Waals surface area contributed by atoms with Crippen molar-refractivity contribution < 1.29 is 4.79 Å². The number of carbonyl (C=O) groups excluding carboxylic acids is 1. The highest BCUT2D eigenvalue weighted by Crippen LogP contribution is 2.16. The molecule has 1 saturated heterocycles. The molecule has 0 saturated carbocycles. The number of thiazole rings is 1. The Balaban J connectivity index is 2.12. The molecule has 17 heavy (non-hydrogen) atoms. The second-order valence-corrected chi connectivity index (χ2v) is 5.13. The number of hydrogen-bond donors (Lipinski definition) is 1. The summed E-state index contributed by atoms with van der Waals surface area (Å²) in [5, 5.41) is 5.32. The van der Waals surface area contributed by atoms with Gasteiger partial charge in [-0.1, -0.05) is 13.8 Å². The number of nitrogens with one attached hydrogen (secondary N) is 1. The fourth-order valence-corrected chi connectivity index (χ4v) is 2.74. The van der Waals surface area contributed by atoms with E-state index in [4.69, 9.17) is 0 Å². The number of aromatic nitrogens is 1. The van der Waals surface area contributed by atoms with E-state index in [0.717, 1.165) is 25.9 Å². The molecular weight excluding hydrogens is 234 g/mol. The zero-order valence-electron chi connectivity index (χ0n) is 10.3. The van der Waals surface area contributed by atoms with Crippen LogP contribution in [0.15, 0.2) is 10.9 Å². The molecule has 0 bridgehead atoms. The lowest BCUT2D eigenvalue weighted by Crippen LogP contribution is -2.57. The molecule has 1 aliphatic rings. The number of nitrogens with zero attached hydrogens (tertiary/aromatic N) is 2. The van der Waals surface area contributed by atoms with E-state index in [9.17, 15) is 4.79 Å². The molecule has 1 N–H and O–H groups in total. The molecule has 2 unspecified atom stereocenters. The quantitative estimate of drug-likeness (QED) is 0.892. The minimum atomic E-state index is 0.0815. The molecule has 1 amide bonds. The minimum Gasteiger partial charge on any atom is -0.331 e. The highest BCUT2D eigenvalue weighted by molar-refractivity contribution is 7.07. The van der Waals surface area contributed by atoms with Gasteiger partial charge in [-0.25, -0.2) is 4.98 Å². The van der Waals surface area contributed by atoms with Crippen LogP contribution in [-0.4, -0.2) is 41.0 Å². The van der Waals surface area contributed by atoms with E-state index in [1.807, 2.05) is 10.3 Å². The summed E-state index contributed by atoms with van der Waals surface area (Å²) in [6, 6.07) is 0.715. The predicted octanol–water partition coefficient (Wildman–Crippen LogP) is 1.75. The number of amides is 1. The smallest absolute Gasteiger partial charge is 0.273 e. The van der Waals surface area contributed by atoms with Crippen LogP contribution < -0.4 is 5.32 Å². The molecule has 4 nitrogen and oxygen atoms in total. The first-order valence-electron chi connectivity index (χ1n) is 6.18. The van der Waals surface area contributed by atoms with Crippen molar-refractivity contribution in [3.63, 3.8) is 0 Å². The van der Waals surface area contributed by atoms with E-state index < -0.39 is 0 Å². The third-order valence-electron chi connectivity index (χ3n) is 3.38. The van der Waals surface area contributed by atoms with Gasteiger partial charge in [-0.2, -0.15) is 0 Å². The first-order chi connectivity index (χ1) is 8.26. The van der Waals surface area contributed by atoms with Gasteiger partial charge in [-0.05, 0) is 12.8 Å². The van der Waals surface area contributed by atoms with E-state index >= 15 is 0 Å². The Labute approximate surface area is 106 Å². The van der Waals surface area contributed by atoms with Crippen molar-refractivity contribution >= 4 is 17.2 Å². The summed E-state index contributed by atoms with van der Waals surface area (Å²) < 4.78 is 0. The summed E-state index contributed by atoms with van der Waals surface area (Å²) in [5.74, 6) is 0.0815. The van der Waals surface area contributed by atoms with Crippen molar-refractivity contribution in [2.75, 3.05) is 13.1 Å². The van der Waals surface area contributed by atoms with E-state index in [1.165, 1.54) is 11.3 Å². The lowest BCUT2D eigenvalue weighted by Gasteiger charge is -2.39. The van der Waals surface area contributed by atoms with Gasteiger partial charge in [0.05, 0.1) is 5.51 Å². The fraction of sp³-hybridized carbons (Fsp3) is 0.667. The molecule has 0 aliphatic carbocycles. The van der Waals surface area contributed by atoms with Crippen LogP contribution in [0.1, 0.15) is 37.2 Å². The number of carbonyl (C=O) groups is 1. The molecule has 0 radical (unpaired) electrons. The molecule has 1 aromatic heterocycles. The molecule has 5 heteroatoms. The van der Waals surface area contributed by atoms with Crippen molar-refractivity contribution in [1.82, 2.24) is 15.2 Å². The standard InChI is InChI=1S/C12H19N3OS/c1-3-9-6-15(10(4-2)5-13-9)12(16)11-7-17-8-14-11/h7-10,13H,3-6H2,1-2H3. The van der Waals surface area contributed by atoms with Crippen LogP contribution in [0, 0.1) is 0 Å². The Bertz CT molecular complexity index is 366. The highest BCUT2D eigenvalue weighted by atomic mass is 32.1. The average molecular weight is 253 g/mol. The molecule has 94 valence electrons. The van der Waals surface area contributed by atoms with Gasteiger partial charge in [-0.3, -0.25) is 4.79 Å². The van der Waals surface area contributed by atoms with E-state index in [0.29, 0.717) is 17.8 Å². The summed E-state index contributed by atoms with van der Waals surface area (Å²) in [5.41, 5.74) is 2.30. The summed E-state index contributed by atoms with van der Waals surface area (Å²) in [6.07, 6.45) is 2.04. The van der Waals surface area contributed by atoms with Gasteiger partial charge in [0.2, 0.25) is 0 Å². The molecule has 1 aromatic rings. The van der Waals surface area contributed by atoms with Crippen LogP contribution in [-0.2, 0) is 0 Å². The average Bonchev–Trinajstić information content (AvgIpc) is 2.91. The first kappa shape index (κ1) is 12.5. The fourth-order valence-electron chi connectivity index (χ4n) is 2.22. The van der Waals surface area contributed by atoms with Gasteiger partial charge in [0, 0.05) is 30.6 Å². The van der Waals surface area contributed by atoms with Gasteiger partial charge in [0.25, 0.3) is 5.91 Å². The van der Waals surface area contributed by atoms with Gasteiger partial charge in [0.1, 0.15) is 5.69 Å². The van der Waals surface area contributed by atoms with Crippen molar-refractivity contribution in [3.8, 4) is 0 Å². The maximum Gasteiger partial charge on any atom is 0.273 e. The van der Waals surface area contributed by atoms with Gasteiger partial charge in [0.15, 0.2) is 0 Å². The summed E-state index contributed by atoms with van der Waals surface area (Å²) in [7, 11) is 0. The second-order valence-electron chi connectivity index (χ2n) is 4.41. The summed E-state index contributed by atoms with van der Waals surface area (Å²) >= 11 is 1.47. The van der Waals surface area contributed by atoms with E-state index in [2.05, 4.69) is 24.1 Å². The monoisotopic (exact) mass is 253 g/mol. The van der Waals surface area contributed by atoms with Crippen molar-refractivity contribution in [1.29, 1.82) is 0 Å². The zero-order chi connectivity index (χ0) is 12.3. The molecule has 2 heterocycles. The maximum absolute atomic E-state index is 12.3. The third kappa shape index (κ3) is 2.66. The van der Waals surface area contributed by atoms with Crippen LogP contribution in [0.2, 0.25) is 0 Å². The predicted molar refractivity (Wildman–Crippen MR) is 69.3 cm³/mol. The van der Waals surface area contributed by atoms with Gasteiger partial charge in [-0.15, -0.1) is 11.3 Å². The van der Waals surface area contributed by atoms with E-state index in [1.54, 1.807) is 5.51 Å². The Hall–Kier alpha value is -0.940. The second kappa shape index (κ2) is 5.60. The van der Waals surface area contributed by atoms with Crippen molar-refractivity contribution in [2.24, 2.45) is 0 Å². The third-order valence-corrected chi connectivity index (χ3v) is 3.96. The van der Waals surface area contributed by atoms with Crippen LogP contribution in [0.4, 0.5) is 0 Å². The molecule has 2 rings (SSSR count). The molecule has 2 atom stereocenters. The lowest BCUT2D eigenvalue weighted by molar-refractivity contribution is 0.0570. The largest absolute Gasteiger partial charge is 0.331 e. The van der Waals surface area contributed by atoms with Crippen molar-refractivity contribution in [3.05, 3.63) is 16.6 Å². The molecule has 1 fully saturated rings. The molecule has 0 aromatic carbocycles. The van der Waals surface area contributed by atoms with Crippen molar-refractivity contribution in [2.45, 2.75) is 38.8 Å². The molecular formula is C12H19N3OS. The number of piperazine rings is 1. The topological polar surface area (TPSA) is 45.2 Å². The summed E-state index contributed by atoms with van der Waals surface area (Å²) in [4.78, 5) is 18.4. The molecule has 0 spiro atoms. The van der Waals surface area contributed by atoms with Crippen LogP contribution in [0.25, 0.3) is 0 Å². The Morgan fingerprint density at radius 3 is 3.00 bits per heavy atom. The first-order valence-corrected chi connectivity index (χ1v) is 7.13. The normalized spacial score (nSPS) is 24.9. The van der Waals surface area contributed by atoms with Crippen LogP contribution in [0.3, 0.4) is 0 Å². The lowest BCUT2D eigenvalue weighted by atomic mass is 10.0. The molecule has 1 aliphatic heterocycles. The van der Waals surface area contributed by atoms with Crippen LogP contribution >= 0.6 is 11.3 Å². The number of hydrogen-bond acceptors (Lipinski definition) is 4. The summed E-state index contributed by atoms with van der Waals surface area (Å²) in [6.45, 7) is 5.96. The minimum absolute atomic E-state index is 0.0815. The van der Waals surface area contributed by atoms with Crippen LogP contribution in [0.5, 0.6) is 0 Å². The Morgan fingerprint density at radius 1 is 1.59 bits per heavy atom. The Morgan fingerprint density at radius 2 is 2.41 bits per heavy atom. The number of rotatable bonds is 3.